The largest absolute Gasteiger partial charge is 0.481 e. The van der Waals surface area contributed by atoms with Crippen LogP contribution in [0.15, 0.2) is 6.07 Å². The van der Waals surface area contributed by atoms with E-state index in [1.165, 1.54) is 0 Å². The molecule has 9 nitrogen and oxygen atoms in total. The number of carboxylic acids is 1. The second-order valence-corrected chi connectivity index (χ2v) is 9.42. The maximum Gasteiger partial charge on any atom is 0.451 e. The third-order valence-corrected chi connectivity index (χ3v) is 7.12. The summed E-state index contributed by atoms with van der Waals surface area (Å²) in [4.78, 5) is 26.6. The normalized spacial score (nSPS) is 18.8. The van der Waals surface area contributed by atoms with Gasteiger partial charge in [0, 0.05) is 31.1 Å². The quantitative estimate of drug-likeness (QED) is 0.593. The van der Waals surface area contributed by atoms with Crippen molar-refractivity contribution in [3.63, 3.8) is 0 Å². The molecule has 0 aromatic carbocycles. The molecule has 0 amide bonds. The van der Waals surface area contributed by atoms with E-state index in [2.05, 4.69) is 17.1 Å². The van der Waals surface area contributed by atoms with E-state index in [0.717, 1.165) is 32.5 Å². The molecule has 0 radical (unpaired) electrons. The Bertz CT molecular complexity index is 1210. The molecule has 5 heterocycles. The van der Waals surface area contributed by atoms with E-state index in [4.69, 9.17) is 9.97 Å². The van der Waals surface area contributed by atoms with Gasteiger partial charge in [0.1, 0.15) is 10.6 Å². The standard InChI is InChI=1S/C20H22F3N7O2S/c1-2-3-12-8-13-15(28-6-7-30-14(10-28)26-27-18(30)20(21,22)23)24-19(25-16(13)33-12)29-5-4-11(9-29)17(31)32/h8,11H,2-7,9-10H2,1H3,(H,31,32). The highest BCUT2D eigenvalue weighted by Gasteiger charge is 2.40. The summed E-state index contributed by atoms with van der Waals surface area (Å²) in [5, 5.41) is 17.3. The molecule has 2 aliphatic heterocycles. The lowest BCUT2D eigenvalue weighted by molar-refractivity contribution is -0.147. The minimum Gasteiger partial charge on any atom is -0.481 e. The zero-order chi connectivity index (χ0) is 23.3. The van der Waals surface area contributed by atoms with Crippen LogP contribution in [0.3, 0.4) is 0 Å². The molecule has 2 aliphatic rings. The SMILES string of the molecule is CCCc1cc2c(N3CCn4c(nnc4C(F)(F)F)C3)nc(N3CCC(C(=O)O)C3)nc2s1. The first-order chi connectivity index (χ1) is 15.7. The zero-order valence-electron chi connectivity index (χ0n) is 17.8. The van der Waals surface area contributed by atoms with Gasteiger partial charge in [0.15, 0.2) is 5.82 Å². The smallest absolute Gasteiger partial charge is 0.451 e. The fourth-order valence-corrected chi connectivity index (χ4v) is 5.51. The summed E-state index contributed by atoms with van der Waals surface area (Å²) in [6.45, 7) is 3.51. The maximum absolute atomic E-state index is 13.2. The Labute approximate surface area is 190 Å². The summed E-state index contributed by atoms with van der Waals surface area (Å²) in [5.41, 5.74) is 0. The number of hydrogen-bond acceptors (Lipinski definition) is 8. The molecule has 0 spiro atoms. The van der Waals surface area contributed by atoms with Gasteiger partial charge in [-0.05, 0) is 18.9 Å². The van der Waals surface area contributed by atoms with E-state index in [-0.39, 0.29) is 18.9 Å². The van der Waals surface area contributed by atoms with Gasteiger partial charge >= 0.3 is 12.1 Å². The predicted molar refractivity (Wildman–Crippen MR) is 115 cm³/mol. The minimum atomic E-state index is -4.55. The Kier molecular flexibility index (Phi) is 5.38. The molecule has 13 heteroatoms. The molecule has 5 rings (SSSR count). The van der Waals surface area contributed by atoms with Crippen molar-refractivity contribution >= 4 is 39.3 Å². The average molecular weight is 482 g/mol. The molecule has 1 saturated heterocycles. The Balaban J connectivity index is 1.52. The van der Waals surface area contributed by atoms with Gasteiger partial charge in [-0.3, -0.25) is 4.79 Å². The molecule has 3 aromatic rings. The topological polar surface area (TPSA) is 100 Å². The van der Waals surface area contributed by atoms with Crippen LogP contribution in [0.5, 0.6) is 0 Å². The number of carboxylic acid groups (broad SMARTS) is 1. The molecule has 0 bridgehead atoms. The van der Waals surface area contributed by atoms with Crippen molar-refractivity contribution in [1.29, 1.82) is 0 Å². The van der Waals surface area contributed by atoms with E-state index >= 15 is 0 Å². The van der Waals surface area contributed by atoms with Gasteiger partial charge in [0.05, 0.1) is 17.8 Å². The predicted octanol–water partition coefficient (Wildman–Crippen LogP) is 3.19. The number of nitrogens with zero attached hydrogens (tertiary/aromatic N) is 7. The highest BCUT2D eigenvalue weighted by atomic mass is 32.1. The van der Waals surface area contributed by atoms with Gasteiger partial charge in [-0.15, -0.1) is 21.5 Å². The van der Waals surface area contributed by atoms with Gasteiger partial charge in [-0.1, -0.05) is 13.3 Å². The van der Waals surface area contributed by atoms with Crippen LogP contribution in [0, 0.1) is 5.92 Å². The van der Waals surface area contributed by atoms with Crippen molar-refractivity contribution in [3.8, 4) is 0 Å². The first kappa shape index (κ1) is 21.9. The first-order valence-corrected chi connectivity index (χ1v) is 11.6. The number of aryl methyl sites for hydroxylation is 1. The number of rotatable bonds is 5. The van der Waals surface area contributed by atoms with E-state index in [1.807, 2.05) is 15.9 Å². The van der Waals surface area contributed by atoms with Crippen LogP contribution >= 0.6 is 11.3 Å². The number of aromatic nitrogens is 5. The molecular weight excluding hydrogens is 459 g/mol. The molecule has 0 saturated carbocycles. The second kappa shape index (κ2) is 8.12. The summed E-state index contributed by atoms with van der Waals surface area (Å²) >= 11 is 1.57. The molecule has 33 heavy (non-hydrogen) atoms. The monoisotopic (exact) mass is 481 g/mol. The number of aliphatic carboxylic acids is 1. The molecule has 3 aromatic heterocycles. The summed E-state index contributed by atoms with van der Waals surface area (Å²) < 4.78 is 40.8. The van der Waals surface area contributed by atoms with Crippen molar-refractivity contribution in [3.05, 3.63) is 22.6 Å². The van der Waals surface area contributed by atoms with Gasteiger partial charge in [-0.25, -0.2) is 4.98 Å². The van der Waals surface area contributed by atoms with Crippen molar-refractivity contribution < 1.29 is 23.1 Å². The van der Waals surface area contributed by atoms with E-state index in [0.29, 0.717) is 37.8 Å². The molecule has 1 atom stereocenters. The molecule has 0 aliphatic carbocycles. The molecular formula is C20H22F3N7O2S. The van der Waals surface area contributed by atoms with E-state index in [1.54, 1.807) is 11.3 Å². The van der Waals surface area contributed by atoms with E-state index in [9.17, 15) is 23.1 Å². The maximum atomic E-state index is 13.2. The molecule has 176 valence electrons. The van der Waals surface area contributed by atoms with Crippen LogP contribution in [0.4, 0.5) is 24.9 Å². The van der Waals surface area contributed by atoms with Crippen LogP contribution in [0.2, 0.25) is 0 Å². The average Bonchev–Trinajstić information content (AvgIpc) is 3.49. The summed E-state index contributed by atoms with van der Waals surface area (Å²) in [6, 6.07) is 2.05. The lowest BCUT2D eigenvalue weighted by Crippen LogP contribution is -2.36. The van der Waals surface area contributed by atoms with Gasteiger partial charge < -0.3 is 19.5 Å². The number of anilines is 2. The fourth-order valence-electron chi connectivity index (χ4n) is 4.39. The zero-order valence-corrected chi connectivity index (χ0v) is 18.7. The fraction of sp³-hybridized carbons (Fsp3) is 0.550. The summed E-state index contributed by atoms with van der Waals surface area (Å²) in [7, 11) is 0. The Morgan fingerprint density at radius 2 is 2.03 bits per heavy atom. The van der Waals surface area contributed by atoms with Crippen molar-refractivity contribution in [1.82, 2.24) is 24.7 Å². The number of hydrogen-bond donors (Lipinski definition) is 1. The number of halogens is 3. The lowest BCUT2D eigenvalue weighted by atomic mass is 10.1. The molecule has 1 fully saturated rings. The van der Waals surface area contributed by atoms with Crippen LogP contribution < -0.4 is 9.80 Å². The van der Waals surface area contributed by atoms with E-state index < -0.39 is 23.9 Å². The highest BCUT2D eigenvalue weighted by Crippen LogP contribution is 2.36. The third-order valence-electron chi connectivity index (χ3n) is 6.03. The van der Waals surface area contributed by atoms with Crippen molar-refractivity contribution in [2.24, 2.45) is 5.92 Å². The van der Waals surface area contributed by atoms with Crippen LogP contribution in [0.1, 0.15) is 36.3 Å². The number of fused-ring (bicyclic) bond motifs is 2. The Hall–Kier alpha value is -2.96. The Morgan fingerprint density at radius 1 is 1.21 bits per heavy atom. The van der Waals surface area contributed by atoms with Gasteiger partial charge in [-0.2, -0.15) is 18.2 Å². The van der Waals surface area contributed by atoms with Crippen LogP contribution in [-0.2, 0) is 30.5 Å². The highest BCUT2D eigenvalue weighted by molar-refractivity contribution is 7.18. The van der Waals surface area contributed by atoms with Crippen LogP contribution in [0.25, 0.3) is 10.2 Å². The molecule has 1 unspecified atom stereocenters. The second-order valence-electron chi connectivity index (χ2n) is 8.31. The van der Waals surface area contributed by atoms with Gasteiger partial charge in [0.25, 0.3) is 0 Å². The number of thiophene rings is 1. The Morgan fingerprint density at radius 3 is 2.73 bits per heavy atom. The van der Waals surface area contributed by atoms with Gasteiger partial charge in [0.2, 0.25) is 11.8 Å². The lowest BCUT2D eigenvalue weighted by Gasteiger charge is -2.30. The molecule has 1 N–H and O–H groups in total. The third kappa shape index (κ3) is 3.98. The summed E-state index contributed by atoms with van der Waals surface area (Å²) in [5.74, 6) is -0.970. The number of carbonyl (C=O) groups is 1. The number of alkyl halides is 3. The van der Waals surface area contributed by atoms with Crippen molar-refractivity contribution in [2.45, 2.75) is 45.5 Å². The minimum absolute atomic E-state index is 0.0920. The first-order valence-electron chi connectivity index (χ1n) is 10.8. The van der Waals surface area contributed by atoms with Crippen LogP contribution in [-0.4, -0.2) is 55.4 Å². The van der Waals surface area contributed by atoms with Crippen molar-refractivity contribution in [2.75, 3.05) is 29.4 Å². The summed E-state index contributed by atoms with van der Waals surface area (Å²) in [6.07, 6.45) is -2.17.